The Morgan fingerprint density at radius 2 is 1.65 bits per heavy atom. The van der Waals surface area contributed by atoms with Crippen LogP contribution in [0.25, 0.3) is 0 Å². The minimum absolute atomic E-state index is 0.0392. The quantitative estimate of drug-likeness (QED) is 0.423. The summed E-state index contributed by atoms with van der Waals surface area (Å²) >= 11 is 0. The topological polar surface area (TPSA) is 88.6 Å². The molecule has 3 aromatic carbocycles. The van der Waals surface area contributed by atoms with E-state index in [1.807, 2.05) is 60.7 Å². The molecule has 1 aliphatic heterocycles. The van der Waals surface area contributed by atoms with E-state index in [4.69, 9.17) is 15.2 Å². The molecule has 1 saturated heterocycles. The van der Waals surface area contributed by atoms with Gasteiger partial charge in [0.15, 0.2) is 0 Å². The predicted molar refractivity (Wildman–Crippen MR) is 144 cm³/mol. The van der Waals surface area contributed by atoms with Gasteiger partial charge in [0, 0.05) is 24.7 Å². The molecule has 192 valence electrons. The summed E-state index contributed by atoms with van der Waals surface area (Å²) in [7, 11) is 1.60. The Morgan fingerprint density at radius 3 is 2.19 bits per heavy atom. The Bertz CT molecular complexity index is 1210. The molecule has 0 aromatic heterocycles. The van der Waals surface area contributed by atoms with Crippen molar-refractivity contribution in [1.82, 2.24) is 4.90 Å². The minimum Gasteiger partial charge on any atom is -0.497 e. The number of ether oxygens (including phenoxy) is 2. The number of hydrogen-bond donors (Lipinski definition) is 1. The molecule has 0 aliphatic carbocycles. The molecule has 0 bridgehead atoms. The van der Waals surface area contributed by atoms with Gasteiger partial charge in [-0.05, 0) is 56.4 Å². The van der Waals surface area contributed by atoms with Gasteiger partial charge in [0.2, 0.25) is 5.91 Å². The van der Waals surface area contributed by atoms with E-state index in [9.17, 15) is 10.1 Å². The van der Waals surface area contributed by atoms with Crippen molar-refractivity contribution in [3.8, 4) is 17.6 Å². The molecule has 1 amide bonds. The Morgan fingerprint density at radius 1 is 1.03 bits per heavy atom. The van der Waals surface area contributed by atoms with Gasteiger partial charge < -0.3 is 15.2 Å². The zero-order valence-electron chi connectivity index (χ0n) is 21.8. The third-order valence-corrected chi connectivity index (χ3v) is 7.67. The Kier molecular flexibility index (Phi) is 7.85. The fourth-order valence-electron chi connectivity index (χ4n) is 5.33. The van der Waals surface area contributed by atoms with Crippen LogP contribution in [0.3, 0.4) is 0 Å². The van der Waals surface area contributed by atoms with Crippen molar-refractivity contribution in [3.05, 3.63) is 95.6 Å². The van der Waals surface area contributed by atoms with Gasteiger partial charge in [-0.1, -0.05) is 60.7 Å². The summed E-state index contributed by atoms with van der Waals surface area (Å²) < 4.78 is 11.6. The van der Waals surface area contributed by atoms with E-state index in [1.54, 1.807) is 25.3 Å². The fourth-order valence-corrected chi connectivity index (χ4v) is 5.33. The molecule has 1 aliphatic rings. The molecular formula is C31H35N3O3. The lowest BCUT2D eigenvalue weighted by molar-refractivity contribution is -0.122. The van der Waals surface area contributed by atoms with E-state index in [0.717, 1.165) is 37.1 Å². The third kappa shape index (κ3) is 5.47. The Labute approximate surface area is 219 Å². The van der Waals surface area contributed by atoms with Crippen molar-refractivity contribution >= 4 is 5.91 Å². The predicted octanol–water partition coefficient (Wildman–Crippen LogP) is 5.05. The highest BCUT2D eigenvalue weighted by Crippen LogP contribution is 2.40. The van der Waals surface area contributed by atoms with Crippen LogP contribution < -0.4 is 15.2 Å². The van der Waals surface area contributed by atoms with Gasteiger partial charge >= 0.3 is 0 Å². The van der Waals surface area contributed by atoms with Crippen LogP contribution in [0.5, 0.6) is 11.5 Å². The number of amides is 1. The number of hydrogen-bond acceptors (Lipinski definition) is 5. The summed E-state index contributed by atoms with van der Waals surface area (Å²) in [6, 6.07) is 27.2. The summed E-state index contributed by atoms with van der Waals surface area (Å²) in [6.07, 6.45) is 2.15. The van der Waals surface area contributed by atoms with E-state index in [1.165, 1.54) is 0 Å². The fraction of sp³-hybridized carbons (Fsp3) is 0.355. The van der Waals surface area contributed by atoms with Crippen molar-refractivity contribution in [2.75, 3.05) is 20.2 Å². The summed E-state index contributed by atoms with van der Waals surface area (Å²) in [5.41, 5.74) is 7.37. The molecular weight excluding hydrogens is 462 g/mol. The van der Waals surface area contributed by atoms with E-state index in [-0.39, 0.29) is 17.6 Å². The highest BCUT2D eigenvalue weighted by Gasteiger charge is 2.43. The zero-order valence-corrected chi connectivity index (χ0v) is 21.8. The van der Waals surface area contributed by atoms with Crippen LogP contribution in [-0.2, 0) is 10.2 Å². The second-order valence-electron chi connectivity index (χ2n) is 10.3. The van der Waals surface area contributed by atoms with E-state index >= 15 is 0 Å². The maximum atomic E-state index is 13.2. The molecule has 0 spiro atoms. The first kappa shape index (κ1) is 26.2. The Hall–Kier alpha value is -3.82. The second kappa shape index (κ2) is 11.1. The number of carbonyl (C=O) groups excluding carboxylic acids is 1. The lowest BCUT2D eigenvalue weighted by Crippen LogP contribution is -2.47. The summed E-state index contributed by atoms with van der Waals surface area (Å²) in [5, 5.41) is 9.50. The van der Waals surface area contributed by atoms with Gasteiger partial charge in [-0.15, -0.1) is 0 Å². The van der Waals surface area contributed by atoms with E-state index in [0.29, 0.717) is 23.5 Å². The Balaban J connectivity index is 1.53. The van der Waals surface area contributed by atoms with Crippen LogP contribution in [0.4, 0.5) is 0 Å². The number of benzene rings is 3. The largest absolute Gasteiger partial charge is 0.497 e. The molecule has 0 saturated carbocycles. The van der Waals surface area contributed by atoms with Crippen LogP contribution in [-0.4, -0.2) is 42.6 Å². The van der Waals surface area contributed by atoms with Gasteiger partial charge in [0.25, 0.3) is 0 Å². The van der Waals surface area contributed by atoms with Gasteiger partial charge in [-0.3, -0.25) is 9.69 Å². The molecule has 1 heterocycles. The second-order valence-corrected chi connectivity index (χ2v) is 10.3. The molecule has 1 atom stereocenters. The van der Waals surface area contributed by atoms with Crippen molar-refractivity contribution < 1.29 is 14.3 Å². The molecule has 6 heteroatoms. The average Bonchev–Trinajstić information content (AvgIpc) is 3.39. The molecule has 1 unspecified atom stereocenters. The average molecular weight is 498 g/mol. The third-order valence-electron chi connectivity index (χ3n) is 7.67. The summed E-state index contributed by atoms with van der Waals surface area (Å²) in [5.74, 6) is 0.867. The highest BCUT2D eigenvalue weighted by atomic mass is 16.5. The number of nitrogens with two attached hydrogens (primary N) is 1. The van der Waals surface area contributed by atoms with Crippen LogP contribution >= 0.6 is 0 Å². The summed E-state index contributed by atoms with van der Waals surface area (Å²) in [4.78, 5) is 15.6. The van der Waals surface area contributed by atoms with Gasteiger partial charge in [0.1, 0.15) is 23.7 Å². The SMILES string of the molecule is COc1ccc(C#N)c(OC2CCN(C(C)(C)CCC(C(N)=O)(c3ccccc3)c3ccccc3)C2)c1. The van der Waals surface area contributed by atoms with Gasteiger partial charge in [-0.2, -0.15) is 5.26 Å². The first-order valence-electron chi connectivity index (χ1n) is 12.7. The first-order valence-corrected chi connectivity index (χ1v) is 12.7. The maximum Gasteiger partial charge on any atom is 0.232 e. The lowest BCUT2D eigenvalue weighted by atomic mass is 9.69. The zero-order chi connectivity index (χ0) is 26.5. The number of methoxy groups -OCH3 is 1. The highest BCUT2D eigenvalue weighted by molar-refractivity contribution is 5.90. The van der Waals surface area contributed by atoms with Crippen molar-refractivity contribution in [2.45, 2.75) is 50.2 Å². The molecule has 2 N–H and O–H groups in total. The standard InChI is InChI=1S/C31H35N3O3/c1-30(2,34-19-16-27(22-34)37-28-20-26(36-3)15-14-23(28)21-32)17-18-31(29(33)35,24-10-6-4-7-11-24)25-12-8-5-9-13-25/h4-15,20,27H,16-19,22H2,1-3H3,(H2,33,35). The van der Waals surface area contributed by atoms with Gasteiger partial charge in [0.05, 0.1) is 18.1 Å². The monoisotopic (exact) mass is 497 g/mol. The molecule has 1 fully saturated rings. The molecule has 37 heavy (non-hydrogen) atoms. The summed E-state index contributed by atoms with van der Waals surface area (Å²) in [6.45, 7) is 6.02. The number of primary amides is 1. The van der Waals surface area contributed by atoms with E-state index in [2.05, 4.69) is 24.8 Å². The lowest BCUT2D eigenvalue weighted by Gasteiger charge is -2.40. The van der Waals surface area contributed by atoms with Crippen LogP contribution in [0.2, 0.25) is 0 Å². The minimum atomic E-state index is -0.919. The first-order chi connectivity index (χ1) is 17.8. The molecule has 6 nitrogen and oxygen atoms in total. The van der Waals surface area contributed by atoms with Gasteiger partial charge in [-0.25, -0.2) is 0 Å². The van der Waals surface area contributed by atoms with Crippen LogP contribution in [0.15, 0.2) is 78.9 Å². The maximum absolute atomic E-state index is 13.2. The number of carbonyl (C=O) groups is 1. The smallest absolute Gasteiger partial charge is 0.232 e. The van der Waals surface area contributed by atoms with Crippen molar-refractivity contribution in [1.29, 1.82) is 5.26 Å². The van der Waals surface area contributed by atoms with E-state index < -0.39 is 5.41 Å². The van der Waals surface area contributed by atoms with Crippen LogP contribution in [0, 0.1) is 11.3 Å². The number of nitrogens with zero attached hydrogens (tertiary/aromatic N) is 2. The van der Waals surface area contributed by atoms with Crippen LogP contribution in [0.1, 0.15) is 49.8 Å². The molecule has 4 rings (SSSR count). The number of likely N-dealkylation sites (tertiary alicyclic amines) is 1. The number of nitriles is 1. The molecule has 3 aromatic rings. The van der Waals surface area contributed by atoms with Crippen molar-refractivity contribution in [2.24, 2.45) is 5.73 Å². The number of rotatable bonds is 10. The van der Waals surface area contributed by atoms with Crippen molar-refractivity contribution in [3.63, 3.8) is 0 Å². The normalized spacial score (nSPS) is 16.2. The molecule has 0 radical (unpaired) electrons.